The molecule has 0 aromatic heterocycles. The van der Waals surface area contributed by atoms with Crippen LogP contribution >= 0.6 is 7.82 Å². The van der Waals surface area contributed by atoms with Gasteiger partial charge in [-0.15, -0.1) is 0 Å². The first-order valence-electron chi connectivity index (χ1n) is 22.1. The number of rotatable bonds is 38. The summed E-state index contributed by atoms with van der Waals surface area (Å²) in [6.45, 7) is 5.85. The normalized spacial score (nSPS) is 16.8. The monoisotopic (exact) mass is 807 g/mol. The maximum Gasteiger partial charge on any atom is 0.469 e. The summed E-state index contributed by atoms with van der Waals surface area (Å²) in [6, 6.07) is 0. The Bertz CT molecular complexity index is 1170. The summed E-state index contributed by atoms with van der Waals surface area (Å²) < 4.78 is 32.0. The number of phosphoric acid groups is 1. The van der Waals surface area contributed by atoms with E-state index in [0.717, 1.165) is 63.7 Å². The third kappa shape index (κ3) is 36.1. The van der Waals surface area contributed by atoms with Crippen molar-refractivity contribution < 1.29 is 42.7 Å². The molecule has 0 bridgehead atoms. The summed E-state index contributed by atoms with van der Waals surface area (Å²) in [6.07, 6.45) is 47.1. The molecule has 0 saturated carbocycles. The minimum absolute atomic E-state index is 0.138. The quantitative estimate of drug-likeness (QED) is 0.0206. The lowest BCUT2D eigenvalue weighted by molar-refractivity contribution is -0.161. The van der Waals surface area contributed by atoms with E-state index in [-0.39, 0.29) is 19.4 Å². The van der Waals surface area contributed by atoms with Gasteiger partial charge in [-0.3, -0.25) is 14.1 Å². The molecule has 1 rings (SSSR count). The van der Waals surface area contributed by atoms with Crippen LogP contribution in [0.3, 0.4) is 0 Å². The van der Waals surface area contributed by atoms with E-state index >= 15 is 0 Å². The highest BCUT2D eigenvalue weighted by Crippen LogP contribution is 2.36. The molecule has 1 heterocycles. The smallest absolute Gasteiger partial charge is 0.462 e. The molecule has 0 amide bonds. The molecule has 322 valence electrons. The van der Waals surface area contributed by atoms with Crippen molar-refractivity contribution in [1.82, 2.24) is 0 Å². The Labute approximate surface area is 341 Å². The predicted molar refractivity (Wildman–Crippen MR) is 229 cm³/mol. The van der Waals surface area contributed by atoms with Gasteiger partial charge in [-0.2, -0.15) is 0 Å². The average molecular weight is 807 g/mol. The van der Waals surface area contributed by atoms with Crippen LogP contribution in [0.15, 0.2) is 60.8 Å². The van der Waals surface area contributed by atoms with E-state index in [4.69, 9.17) is 24.0 Å². The highest BCUT2D eigenvalue weighted by molar-refractivity contribution is 7.46. The van der Waals surface area contributed by atoms with Crippen LogP contribution in [0, 0.1) is 5.92 Å². The Morgan fingerprint density at radius 1 is 0.607 bits per heavy atom. The first kappa shape index (κ1) is 51.7. The SMILES string of the molecule is CC/C=C\CC1OC1C/C=C\C/C=C\C/C=C\C/C=C\CCC(=O)OC[C@H](COP(=O)(O)O)OC(=O)CCCCCCCCCCCCCCCCCC(C)C. The van der Waals surface area contributed by atoms with Crippen LogP contribution in [0.2, 0.25) is 0 Å². The molecule has 1 aliphatic heterocycles. The van der Waals surface area contributed by atoms with Crippen molar-refractivity contribution in [3.05, 3.63) is 60.8 Å². The van der Waals surface area contributed by atoms with E-state index in [2.05, 4.69) is 73.9 Å². The zero-order valence-corrected chi connectivity index (χ0v) is 36.3. The second kappa shape index (κ2) is 35.8. The van der Waals surface area contributed by atoms with E-state index < -0.39 is 32.5 Å². The molecule has 2 unspecified atom stereocenters. The van der Waals surface area contributed by atoms with Gasteiger partial charge in [0.15, 0.2) is 6.10 Å². The molecule has 9 nitrogen and oxygen atoms in total. The van der Waals surface area contributed by atoms with Gasteiger partial charge < -0.3 is 24.0 Å². The first-order chi connectivity index (χ1) is 27.1. The van der Waals surface area contributed by atoms with Gasteiger partial charge in [0.2, 0.25) is 0 Å². The summed E-state index contributed by atoms with van der Waals surface area (Å²) in [5.74, 6) is -0.155. The lowest BCUT2D eigenvalue weighted by Gasteiger charge is -2.18. The van der Waals surface area contributed by atoms with Crippen molar-refractivity contribution in [1.29, 1.82) is 0 Å². The summed E-state index contributed by atoms with van der Waals surface area (Å²) in [5, 5.41) is 0. The van der Waals surface area contributed by atoms with Gasteiger partial charge in [-0.05, 0) is 57.3 Å². The van der Waals surface area contributed by atoms with Crippen LogP contribution in [0.4, 0.5) is 0 Å². The summed E-state index contributed by atoms with van der Waals surface area (Å²) >= 11 is 0. The topological polar surface area (TPSA) is 132 Å². The van der Waals surface area contributed by atoms with E-state index in [1.54, 1.807) is 0 Å². The van der Waals surface area contributed by atoms with Gasteiger partial charge in [-0.25, -0.2) is 4.57 Å². The lowest BCUT2D eigenvalue weighted by atomic mass is 10.0. The summed E-state index contributed by atoms with van der Waals surface area (Å²) in [7, 11) is -4.78. The number of esters is 2. The molecule has 10 heteroatoms. The zero-order valence-electron chi connectivity index (χ0n) is 35.4. The molecule has 1 aliphatic rings. The maximum absolute atomic E-state index is 12.4. The standard InChI is InChI=1S/C46H79O9P/c1-4-5-29-35-43-44(55-43)36-31-26-22-18-14-11-12-15-19-23-27-32-37-45(47)52-39-42(40-53-56(49,50)51)54-46(48)38-33-28-24-20-16-10-8-6-7-9-13-17-21-25-30-34-41(2)3/h5,12,14-15,18,23,26-27,29,31,41-44H,4,6-11,13,16-17,19-22,24-25,28,30,32-40H2,1-3H3,(H2,49,50,51)/b15-12-,18-14-,27-23-,29-5-,31-26-/t42-,43?,44?/m1/s1. The minimum Gasteiger partial charge on any atom is -0.462 e. The Kier molecular flexibility index (Phi) is 33.1. The number of epoxide rings is 1. The zero-order chi connectivity index (χ0) is 41.0. The third-order valence-corrected chi connectivity index (χ3v) is 10.1. The highest BCUT2D eigenvalue weighted by Gasteiger charge is 2.35. The van der Waals surface area contributed by atoms with E-state index in [0.29, 0.717) is 25.0 Å². The molecular formula is C46H79O9P. The van der Waals surface area contributed by atoms with Gasteiger partial charge in [-0.1, -0.05) is 178 Å². The highest BCUT2D eigenvalue weighted by atomic mass is 31.2. The Hall–Kier alpha value is -2.29. The molecule has 0 radical (unpaired) electrons. The summed E-state index contributed by atoms with van der Waals surface area (Å²) in [4.78, 5) is 42.9. The van der Waals surface area contributed by atoms with Crippen molar-refractivity contribution in [2.75, 3.05) is 13.2 Å². The Morgan fingerprint density at radius 2 is 1.07 bits per heavy atom. The number of unbranched alkanes of at least 4 members (excludes halogenated alkanes) is 14. The van der Waals surface area contributed by atoms with E-state index in [1.165, 1.54) is 77.0 Å². The number of allylic oxidation sites excluding steroid dienone is 8. The second-order valence-electron chi connectivity index (χ2n) is 15.5. The number of hydrogen-bond acceptors (Lipinski definition) is 7. The number of ether oxygens (including phenoxy) is 3. The van der Waals surface area contributed by atoms with E-state index in [9.17, 15) is 14.2 Å². The van der Waals surface area contributed by atoms with Crippen LogP contribution < -0.4 is 0 Å². The van der Waals surface area contributed by atoms with Crippen LogP contribution in [-0.4, -0.2) is 53.3 Å². The van der Waals surface area contributed by atoms with Crippen molar-refractivity contribution in [3.63, 3.8) is 0 Å². The number of carbonyl (C=O) groups excluding carboxylic acids is 2. The summed E-state index contributed by atoms with van der Waals surface area (Å²) in [5.41, 5.74) is 0. The number of phosphoric ester groups is 1. The van der Waals surface area contributed by atoms with Crippen LogP contribution in [0.1, 0.15) is 181 Å². The first-order valence-corrected chi connectivity index (χ1v) is 23.6. The molecule has 1 saturated heterocycles. The van der Waals surface area contributed by atoms with Gasteiger partial charge in [0, 0.05) is 12.8 Å². The van der Waals surface area contributed by atoms with Crippen LogP contribution in [0.25, 0.3) is 0 Å². The lowest BCUT2D eigenvalue weighted by Crippen LogP contribution is -2.29. The fraction of sp³-hybridized carbons (Fsp3) is 0.739. The van der Waals surface area contributed by atoms with Gasteiger partial charge in [0.25, 0.3) is 0 Å². The van der Waals surface area contributed by atoms with Crippen LogP contribution in [-0.2, 0) is 32.9 Å². The average Bonchev–Trinajstić information content (AvgIpc) is 3.91. The second-order valence-corrected chi connectivity index (χ2v) is 16.8. The predicted octanol–water partition coefficient (Wildman–Crippen LogP) is 12.5. The van der Waals surface area contributed by atoms with Crippen molar-refractivity contribution in [2.24, 2.45) is 5.92 Å². The van der Waals surface area contributed by atoms with Crippen LogP contribution in [0.5, 0.6) is 0 Å². The Morgan fingerprint density at radius 3 is 1.57 bits per heavy atom. The van der Waals surface area contributed by atoms with Crippen molar-refractivity contribution in [3.8, 4) is 0 Å². The molecular weight excluding hydrogens is 727 g/mol. The molecule has 0 aromatic carbocycles. The largest absolute Gasteiger partial charge is 0.469 e. The molecule has 3 atom stereocenters. The van der Waals surface area contributed by atoms with Crippen molar-refractivity contribution >= 4 is 19.8 Å². The molecule has 0 aliphatic carbocycles. The van der Waals surface area contributed by atoms with Gasteiger partial charge >= 0.3 is 19.8 Å². The molecule has 0 aromatic rings. The molecule has 56 heavy (non-hydrogen) atoms. The molecule has 0 spiro atoms. The molecule has 2 N–H and O–H groups in total. The third-order valence-electron chi connectivity index (χ3n) is 9.64. The molecule has 1 fully saturated rings. The minimum atomic E-state index is -4.78. The number of carbonyl (C=O) groups is 2. The van der Waals surface area contributed by atoms with Gasteiger partial charge in [0.05, 0.1) is 18.8 Å². The van der Waals surface area contributed by atoms with Gasteiger partial charge in [0.1, 0.15) is 6.61 Å². The fourth-order valence-corrected chi connectivity index (χ4v) is 6.63. The fourth-order valence-electron chi connectivity index (χ4n) is 6.27. The maximum atomic E-state index is 12.4. The van der Waals surface area contributed by atoms with E-state index in [1.807, 2.05) is 12.2 Å². The van der Waals surface area contributed by atoms with Crippen molar-refractivity contribution in [2.45, 2.75) is 200 Å². The Balaban J connectivity index is 2.08. The number of hydrogen-bond donors (Lipinski definition) is 2.